The van der Waals surface area contributed by atoms with Crippen molar-refractivity contribution in [3.63, 3.8) is 0 Å². The second kappa shape index (κ2) is 4.09. The van der Waals surface area contributed by atoms with Gasteiger partial charge in [-0.3, -0.25) is 0 Å². The van der Waals surface area contributed by atoms with E-state index in [1.165, 1.54) is 6.07 Å². The fraction of sp³-hybridized carbons (Fsp3) is 0.455. The lowest BCUT2D eigenvalue weighted by Gasteiger charge is -2.24. The quantitative estimate of drug-likeness (QED) is 0.808. The molecule has 0 saturated carbocycles. The third-order valence-corrected chi connectivity index (χ3v) is 2.62. The molecule has 0 aromatic carbocycles. The van der Waals surface area contributed by atoms with Crippen molar-refractivity contribution < 1.29 is 14.6 Å². The molecule has 2 N–H and O–H groups in total. The number of nitrogens with one attached hydrogen (secondary N) is 1. The molecule has 1 aliphatic rings. The molecule has 0 amide bonds. The molecule has 2 heterocycles. The average Bonchev–Trinajstić information content (AvgIpc) is 2.65. The van der Waals surface area contributed by atoms with Gasteiger partial charge in [0, 0.05) is 6.61 Å². The number of anilines is 1. The minimum absolute atomic E-state index is 0.0486. The second-order valence-corrected chi connectivity index (χ2v) is 4.20. The van der Waals surface area contributed by atoms with E-state index < -0.39 is 5.97 Å². The molecule has 5 heteroatoms. The molecular weight excluding hydrogens is 208 g/mol. The molecule has 0 bridgehead atoms. The van der Waals surface area contributed by atoms with E-state index in [2.05, 4.69) is 10.3 Å². The molecule has 1 aliphatic heterocycles. The third-order valence-electron chi connectivity index (χ3n) is 2.62. The Hall–Kier alpha value is -1.62. The second-order valence-electron chi connectivity index (χ2n) is 4.20. The van der Waals surface area contributed by atoms with Crippen LogP contribution in [0.3, 0.4) is 0 Å². The maximum atomic E-state index is 10.8. The number of hydrogen-bond donors (Lipinski definition) is 2. The van der Waals surface area contributed by atoms with Gasteiger partial charge in [-0.15, -0.1) is 0 Å². The van der Waals surface area contributed by atoms with Crippen LogP contribution in [0.25, 0.3) is 0 Å². The Morgan fingerprint density at radius 3 is 3.06 bits per heavy atom. The first-order chi connectivity index (χ1) is 7.59. The van der Waals surface area contributed by atoms with Gasteiger partial charge < -0.3 is 15.2 Å². The fourth-order valence-corrected chi connectivity index (χ4v) is 1.70. The summed E-state index contributed by atoms with van der Waals surface area (Å²) in [5.74, 6) is -0.440. The number of aromatic nitrogens is 1. The molecule has 16 heavy (non-hydrogen) atoms. The van der Waals surface area contributed by atoms with E-state index in [9.17, 15) is 4.79 Å². The fourth-order valence-electron chi connectivity index (χ4n) is 1.70. The molecule has 0 spiro atoms. The van der Waals surface area contributed by atoms with Crippen molar-refractivity contribution in [3.05, 3.63) is 23.9 Å². The summed E-state index contributed by atoms with van der Waals surface area (Å²) in [5, 5.41) is 12.0. The lowest BCUT2D eigenvalue weighted by atomic mass is 10.0. The molecule has 0 radical (unpaired) electrons. The van der Waals surface area contributed by atoms with Crippen LogP contribution >= 0.6 is 0 Å². The van der Waals surface area contributed by atoms with Gasteiger partial charge in [-0.2, -0.15) is 0 Å². The summed E-state index contributed by atoms with van der Waals surface area (Å²) in [6.07, 6.45) is 0.895. The van der Waals surface area contributed by atoms with Gasteiger partial charge in [0.05, 0.1) is 12.1 Å². The predicted molar refractivity (Wildman–Crippen MR) is 58.7 cm³/mol. The molecule has 1 unspecified atom stereocenters. The number of carboxylic acid groups (broad SMARTS) is 1. The number of pyridine rings is 1. The standard InChI is InChI=1S/C11H14N2O3/c1-11(5-6-16-7-11)13-9-4-2-3-8(12-9)10(14)15/h2-4H,5-7H2,1H3,(H,12,13)(H,14,15). The van der Waals surface area contributed by atoms with Gasteiger partial charge in [0.25, 0.3) is 0 Å². The summed E-state index contributed by atoms with van der Waals surface area (Å²) in [7, 11) is 0. The van der Waals surface area contributed by atoms with Crippen LogP contribution in [0.4, 0.5) is 5.82 Å². The van der Waals surface area contributed by atoms with Crippen molar-refractivity contribution in [2.75, 3.05) is 18.5 Å². The minimum atomic E-state index is -1.02. The lowest BCUT2D eigenvalue weighted by Crippen LogP contribution is -2.35. The molecular formula is C11H14N2O3. The van der Waals surface area contributed by atoms with E-state index in [-0.39, 0.29) is 11.2 Å². The van der Waals surface area contributed by atoms with Crippen molar-refractivity contribution in [1.82, 2.24) is 4.98 Å². The zero-order valence-corrected chi connectivity index (χ0v) is 9.06. The largest absolute Gasteiger partial charge is 0.477 e. The van der Waals surface area contributed by atoms with Crippen molar-refractivity contribution in [2.45, 2.75) is 18.9 Å². The maximum Gasteiger partial charge on any atom is 0.354 e. The van der Waals surface area contributed by atoms with Crippen LogP contribution < -0.4 is 5.32 Å². The summed E-state index contributed by atoms with van der Waals surface area (Å²) in [5.41, 5.74) is -0.100. The van der Waals surface area contributed by atoms with Gasteiger partial charge in [-0.25, -0.2) is 9.78 Å². The summed E-state index contributed by atoms with van der Waals surface area (Å²) >= 11 is 0. The SMILES string of the molecule is CC1(Nc2cccc(C(=O)O)n2)CCOC1. The molecule has 5 nitrogen and oxygen atoms in total. The van der Waals surface area contributed by atoms with Crippen LogP contribution in [0, 0.1) is 0 Å². The van der Waals surface area contributed by atoms with Gasteiger partial charge in [-0.05, 0) is 25.5 Å². The van der Waals surface area contributed by atoms with E-state index in [1.807, 2.05) is 6.92 Å². The zero-order chi connectivity index (χ0) is 11.6. The smallest absolute Gasteiger partial charge is 0.354 e. The predicted octanol–water partition coefficient (Wildman–Crippen LogP) is 1.37. The van der Waals surface area contributed by atoms with Crippen molar-refractivity contribution >= 4 is 11.8 Å². The summed E-state index contributed by atoms with van der Waals surface area (Å²) in [6, 6.07) is 4.91. The first-order valence-electron chi connectivity index (χ1n) is 5.15. The minimum Gasteiger partial charge on any atom is -0.477 e. The first kappa shape index (κ1) is 10.9. The van der Waals surface area contributed by atoms with Crippen LogP contribution in [0.15, 0.2) is 18.2 Å². The number of rotatable bonds is 3. The summed E-state index contributed by atoms with van der Waals surface area (Å²) < 4.78 is 5.30. The molecule has 1 fully saturated rings. The number of nitrogens with zero attached hydrogens (tertiary/aromatic N) is 1. The van der Waals surface area contributed by atoms with Crippen molar-refractivity contribution in [2.24, 2.45) is 0 Å². The highest BCUT2D eigenvalue weighted by atomic mass is 16.5. The Kier molecular flexibility index (Phi) is 2.78. The number of aromatic carboxylic acids is 1. The molecule has 2 rings (SSSR count). The Labute approximate surface area is 93.5 Å². The summed E-state index contributed by atoms with van der Waals surface area (Å²) in [6.45, 7) is 3.38. The molecule has 1 saturated heterocycles. The highest BCUT2D eigenvalue weighted by molar-refractivity contribution is 5.85. The molecule has 1 aromatic rings. The molecule has 86 valence electrons. The normalized spacial score (nSPS) is 24.3. The third kappa shape index (κ3) is 2.30. The first-order valence-corrected chi connectivity index (χ1v) is 5.15. The molecule has 1 aromatic heterocycles. The van der Waals surface area contributed by atoms with Gasteiger partial charge in [0.15, 0.2) is 5.69 Å². The maximum absolute atomic E-state index is 10.8. The van der Waals surface area contributed by atoms with E-state index in [1.54, 1.807) is 12.1 Å². The van der Waals surface area contributed by atoms with E-state index in [4.69, 9.17) is 9.84 Å². The molecule has 0 aliphatic carbocycles. The van der Waals surface area contributed by atoms with Gasteiger partial charge in [0.2, 0.25) is 0 Å². The summed E-state index contributed by atoms with van der Waals surface area (Å²) in [4.78, 5) is 14.8. The zero-order valence-electron chi connectivity index (χ0n) is 9.06. The van der Waals surface area contributed by atoms with E-state index >= 15 is 0 Å². The Balaban J connectivity index is 2.15. The van der Waals surface area contributed by atoms with E-state index in [0.717, 1.165) is 13.0 Å². The van der Waals surface area contributed by atoms with Crippen LogP contribution in [0.2, 0.25) is 0 Å². The van der Waals surface area contributed by atoms with Crippen LogP contribution in [0.5, 0.6) is 0 Å². The number of carboxylic acids is 1. The number of hydrogen-bond acceptors (Lipinski definition) is 4. The monoisotopic (exact) mass is 222 g/mol. The van der Waals surface area contributed by atoms with Crippen LogP contribution in [-0.4, -0.2) is 34.8 Å². The topological polar surface area (TPSA) is 71.5 Å². The highest BCUT2D eigenvalue weighted by Gasteiger charge is 2.29. The Morgan fingerprint density at radius 1 is 1.62 bits per heavy atom. The van der Waals surface area contributed by atoms with Gasteiger partial charge in [-0.1, -0.05) is 6.07 Å². The van der Waals surface area contributed by atoms with Crippen molar-refractivity contribution in [1.29, 1.82) is 0 Å². The Morgan fingerprint density at radius 2 is 2.44 bits per heavy atom. The lowest BCUT2D eigenvalue weighted by molar-refractivity contribution is 0.0690. The van der Waals surface area contributed by atoms with Crippen molar-refractivity contribution in [3.8, 4) is 0 Å². The van der Waals surface area contributed by atoms with E-state index in [0.29, 0.717) is 12.4 Å². The van der Waals surface area contributed by atoms with Gasteiger partial charge in [0.1, 0.15) is 5.82 Å². The van der Waals surface area contributed by atoms with Crippen LogP contribution in [0.1, 0.15) is 23.8 Å². The molecule has 1 atom stereocenters. The van der Waals surface area contributed by atoms with Crippen LogP contribution in [-0.2, 0) is 4.74 Å². The number of carbonyl (C=O) groups is 1. The number of ether oxygens (including phenoxy) is 1. The highest BCUT2D eigenvalue weighted by Crippen LogP contribution is 2.22. The Bertz CT molecular complexity index is 400. The van der Waals surface area contributed by atoms with Gasteiger partial charge >= 0.3 is 5.97 Å². The average molecular weight is 222 g/mol.